The number of nitriles is 2. The average molecular weight is 401 g/mol. The van der Waals surface area contributed by atoms with Crippen LogP contribution in [0.5, 0.6) is 0 Å². The average Bonchev–Trinajstić information content (AvgIpc) is 3.21. The number of hydrogen-bond donors (Lipinski definition) is 0. The molecule has 0 saturated heterocycles. The van der Waals surface area contributed by atoms with Gasteiger partial charge in [0.1, 0.15) is 0 Å². The molecule has 2 heterocycles. The number of carbonyl (C=O) groups excluding carboxylic acids is 1. The fraction of sp³-hybridized carbons (Fsp3) is 0.222. The van der Waals surface area contributed by atoms with Gasteiger partial charge in [-0.3, -0.25) is 4.79 Å². The maximum absolute atomic E-state index is 13.4. The Hall–Kier alpha value is -3.89. The van der Waals surface area contributed by atoms with Crippen LogP contribution in [0, 0.1) is 22.7 Å². The molecule has 0 spiro atoms. The highest BCUT2D eigenvalue weighted by atomic mass is 16.1. The fourth-order valence-corrected chi connectivity index (χ4v) is 6.00. The number of Topliss-reactive ketones (excluding diaryl/α,β-unsaturated/α-hetero) is 1. The first-order chi connectivity index (χ1) is 15.1. The third kappa shape index (κ3) is 2.10. The third-order valence-electron chi connectivity index (χ3n) is 7.27. The molecule has 2 atom stereocenters. The van der Waals surface area contributed by atoms with Gasteiger partial charge in [0.15, 0.2) is 11.8 Å². The zero-order valence-electron chi connectivity index (χ0n) is 17.1. The maximum atomic E-state index is 13.4. The van der Waals surface area contributed by atoms with E-state index in [2.05, 4.69) is 30.0 Å². The molecule has 0 amide bonds. The van der Waals surface area contributed by atoms with E-state index in [1.54, 1.807) is 0 Å². The van der Waals surface area contributed by atoms with Crippen molar-refractivity contribution in [1.29, 1.82) is 10.5 Å². The number of hydrogen-bond acceptors (Lipinski definition) is 4. The Kier molecular flexibility index (Phi) is 3.51. The van der Waals surface area contributed by atoms with Crippen LogP contribution in [-0.4, -0.2) is 11.8 Å². The van der Waals surface area contributed by atoms with Crippen molar-refractivity contribution in [2.75, 3.05) is 4.90 Å². The van der Waals surface area contributed by atoms with Crippen molar-refractivity contribution in [3.63, 3.8) is 0 Å². The minimum absolute atomic E-state index is 0.0561. The molecule has 2 aromatic rings. The second kappa shape index (κ2) is 6.06. The first-order valence-corrected chi connectivity index (χ1v) is 10.6. The molecule has 0 fully saturated rings. The van der Waals surface area contributed by atoms with Crippen molar-refractivity contribution < 1.29 is 4.79 Å². The van der Waals surface area contributed by atoms with Crippen LogP contribution < -0.4 is 4.90 Å². The summed E-state index contributed by atoms with van der Waals surface area (Å²) in [6, 6.07) is 19.6. The molecule has 2 aromatic carbocycles. The van der Waals surface area contributed by atoms with Gasteiger partial charge in [0.25, 0.3) is 0 Å². The Balaban J connectivity index is 1.76. The van der Waals surface area contributed by atoms with Gasteiger partial charge in [-0.15, -0.1) is 0 Å². The third-order valence-corrected chi connectivity index (χ3v) is 7.27. The highest BCUT2D eigenvalue weighted by Gasteiger charge is 2.51. The number of para-hydroxylation sites is 1. The van der Waals surface area contributed by atoms with Gasteiger partial charge in [0.05, 0.1) is 17.7 Å². The van der Waals surface area contributed by atoms with E-state index in [1.807, 2.05) is 48.5 Å². The van der Waals surface area contributed by atoms with Crippen molar-refractivity contribution in [3.05, 3.63) is 93.7 Å². The van der Waals surface area contributed by atoms with E-state index < -0.39 is 6.04 Å². The molecule has 2 aliphatic heterocycles. The smallest absolute Gasteiger partial charge is 0.194 e. The van der Waals surface area contributed by atoms with Crippen LogP contribution >= 0.6 is 0 Å². The van der Waals surface area contributed by atoms with E-state index in [-0.39, 0.29) is 11.2 Å². The molecule has 0 N–H and O–H groups in total. The SMILES string of the molecule is CC12CCCC3=C1N(c1ccccc12)C(C#N)C(C#N)=C1C(=C3)C(=O)c2ccccc21. The number of allylic oxidation sites excluding steroid dienone is 5. The molecule has 0 aromatic heterocycles. The Bertz CT molecular complexity index is 1380. The summed E-state index contributed by atoms with van der Waals surface area (Å²) in [5.74, 6) is -0.0561. The predicted octanol–water partition coefficient (Wildman–Crippen LogP) is 5.21. The topological polar surface area (TPSA) is 67.9 Å². The van der Waals surface area contributed by atoms with Gasteiger partial charge in [-0.1, -0.05) is 42.5 Å². The van der Waals surface area contributed by atoms with E-state index in [1.165, 1.54) is 5.56 Å². The second-order valence-corrected chi connectivity index (χ2v) is 8.81. The van der Waals surface area contributed by atoms with Crippen LogP contribution in [0.2, 0.25) is 0 Å². The molecule has 6 rings (SSSR count). The number of fused-ring (bicyclic) bond motifs is 6. The van der Waals surface area contributed by atoms with Gasteiger partial charge < -0.3 is 4.90 Å². The molecular weight excluding hydrogens is 382 g/mol. The van der Waals surface area contributed by atoms with Gasteiger partial charge in [-0.2, -0.15) is 10.5 Å². The van der Waals surface area contributed by atoms with Crippen molar-refractivity contribution >= 4 is 17.0 Å². The largest absolute Gasteiger partial charge is 0.323 e. The number of benzene rings is 2. The van der Waals surface area contributed by atoms with Crippen LogP contribution in [0.25, 0.3) is 5.57 Å². The van der Waals surface area contributed by atoms with Crippen molar-refractivity contribution in [3.8, 4) is 12.1 Å². The van der Waals surface area contributed by atoms with Gasteiger partial charge in [0.2, 0.25) is 0 Å². The Morgan fingerprint density at radius 3 is 2.58 bits per heavy atom. The molecule has 2 aliphatic carbocycles. The lowest BCUT2D eigenvalue weighted by Crippen LogP contribution is -2.40. The standard InChI is InChI=1S/C27H19N3O/c1-27-12-6-7-16-13-19-24(17-8-2-3-9-18(17)25(19)31)20(14-28)23(15-29)30(26(16)27)22-11-5-4-10-21(22)27/h2-5,8-11,13,23H,6-7,12H2,1H3. The lowest BCUT2D eigenvalue weighted by Gasteiger charge is -2.38. The summed E-state index contributed by atoms with van der Waals surface area (Å²) in [7, 11) is 0. The van der Waals surface area contributed by atoms with Gasteiger partial charge in [-0.05, 0) is 55.0 Å². The quantitative estimate of drug-likeness (QED) is 0.608. The summed E-state index contributed by atoms with van der Waals surface area (Å²) in [5, 5.41) is 20.6. The molecule has 0 radical (unpaired) electrons. The first-order valence-electron chi connectivity index (χ1n) is 10.6. The van der Waals surface area contributed by atoms with Crippen LogP contribution in [0.15, 0.2) is 77.0 Å². The minimum atomic E-state index is -0.784. The molecule has 4 aliphatic rings. The van der Waals surface area contributed by atoms with Crippen molar-refractivity contribution in [2.24, 2.45) is 0 Å². The Morgan fingerprint density at radius 1 is 1.06 bits per heavy atom. The van der Waals surface area contributed by atoms with E-state index in [0.29, 0.717) is 22.3 Å². The molecular formula is C27H19N3O. The molecule has 2 unspecified atom stereocenters. The second-order valence-electron chi connectivity index (χ2n) is 8.81. The van der Waals surface area contributed by atoms with E-state index in [0.717, 1.165) is 41.8 Å². The minimum Gasteiger partial charge on any atom is -0.323 e. The monoisotopic (exact) mass is 401 g/mol. The maximum Gasteiger partial charge on any atom is 0.194 e. The summed E-state index contributed by atoms with van der Waals surface area (Å²) in [6.07, 6.45) is 4.86. The number of carbonyl (C=O) groups is 1. The number of anilines is 1. The lowest BCUT2D eigenvalue weighted by atomic mass is 9.71. The zero-order chi connectivity index (χ0) is 21.3. The zero-order valence-corrected chi connectivity index (χ0v) is 17.1. The molecule has 148 valence electrons. The summed E-state index contributed by atoms with van der Waals surface area (Å²) >= 11 is 0. The summed E-state index contributed by atoms with van der Waals surface area (Å²) < 4.78 is 0. The van der Waals surface area contributed by atoms with Gasteiger partial charge in [0, 0.05) is 33.5 Å². The lowest BCUT2D eigenvalue weighted by molar-refractivity contribution is 0.104. The van der Waals surface area contributed by atoms with E-state index in [9.17, 15) is 15.3 Å². The highest BCUT2D eigenvalue weighted by Crippen LogP contribution is 2.57. The molecule has 4 nitrogen and oxygen atoms in total. The summed E-state index contributed by atoms with van der Waals surface area (Å²) in [6.45, 7) is 2.23. The summed E-state index contributed by atoms with van der Waals surface area (Å²) in [4.78, 5) is 15.5. The summed E-state index contributed by atoms with van der Waals surface area (Å²) in [5.41, 5.74) is 7.04. The van der Waals surface area contributed by atoms with Crippen molar-refractivity contribution in [2.45, 2.75) is 37.6 Å². The van der Waals surface area contributed by atoms with Crippen LogP contribution in [0.3, 0.4) is 0 Å². The van der Waals surface area contributed by atoms with Crippen molar-refractivity contribution in [1.82, 2.24) is 0 Å². The van der Waals surface area contributed by atoms with Crippen LogP contribution in [0.1, 0.15) is 47.7 Å². The number of nitrogens with zero attached hydrogens (tertiary/aromatic N) is 3. The van der Waals surface area contributed by atoms with E-state index in [4.69, 9.17) is 0 Å². The molecule has 4 heteroatoms. The predicted molar refractivity (Wildman–Crippen MR) is 118 cm³/mol. The Labute approximate surface area is 181 Å². The van der Waals surface area contributed by atoms with E-state index >= 15 is 0 Å². The molecule has 31 heavy (non-hydrogen) atoms. The van der Waals surface area contributed by atoms with Crippen LogP contribution in [-0.2, 0) is 5.41 Å². The fourth-order valence-electron chi connectivity index (χ4n) is 6.00. The Morgan fingerprint density at radius 2 is 1.81 bits per heavy atom. The van der Waals surface area contributed by atoms with Crippen LogP contribution in [0.4, 0.5) is 5.69 Å². The molecule has 0 bridgehead atoms. The van der Waals surface area contributed by atoms with Gasteiger partial charge >= 0.3 is 0 Å². The molecule has 0 saturated carbocycles. The normalized spacial score (nSPS) is 25.5. The highest BCUT2D eigenvalue weighted by molar-refractivity contribution is 6.28. The van der Waals surface area contributed by atoms with Gasteiger partial charge in [-0.25, -0.2) is 0 Å². The number of ketones is 1. The first kappa shape index (κ1) is 17.9. The number of rotatable bonds is 0.